The molecule has 20 heavy (non-hydrogen) atoms. The van der Waals surface area contributed by atoms with Crippen LogP contribution in [-0.4, -0.2) is 67.6 Å². The Balaban J connectivity index is 1.43. The van der Waals surface area contributed by atoms with Crippen LogP contribution in [0.5, 0.6) is 0 Å². The van der Waals surface area contributed by atoms with Crippen molar-refractivity contribution in [2.75, 3.05) is 45.9 Å². The summed E-state index contributed by atoms with van der Waals surface area (Å²) in [6, 6.07) is 0.651. The highest BCUT2D eigenvalue weighted by atomic mass is 16.5. The fourth-order valence-corrected chi connectivity index (χ4v) is 3.97. The fourth-order valence-electron chi connectivity index (χ4n) is 3.97. The zero-order valence-corrected chi connectivity index (χ0v) is 12.6. The number of hydrogen-bond donors (Lipinski definition) is 0. The Morgan fingerprint density at radius 2 is 1.75 bits per heavy atom. The maximum atomic E-state index is 12.4. The third kappa shape index (κ3) is 3.60. The molecule has 0 radical (unpaired) electrons. The lowest BCUT2D eigenvalue weighted by Crippen LogP contribution is -2.45. The zero-order chi connectivity index (χ0) is 13.8. The lowest BCUT2D eigenvalue weighted by atomic mass is 9.86. The van der Waals surface area contributed by atoms with Crippen molar-refractivity contribution in [3.63, 3.8) is 0 Å². The van der Waals surface area contributed by atoms with Gasteiger partial charge >= 0.3 is 0 Å². The average Bonchev–Trinajstić information content (AvgIpc) is 2.97. The van der Waals surface area contributed by atoms with Crippen LogP contribution in [0.4, 0.5) is 0 Å². The van der Waals surface area contributed by atoms with E-state index in [1.54, 1.807) is 0 Å². The van der Waals surface area contributed by atoms with E-state index < -0.39 is 0 Å². The molecular weight excluding hydrogens is 252 g/mol. The Morgan fingerprint density at radius 1 is 1.00 bits per heavy atom. The van der Waals surface area contributed by atoms with Gasteiger partial charge in [0.2, 0.25) is 0 Å². The van der Waals surface area contributed by atoms with Gasteiger partial charge in [0.1, 0.15) is 5.78 Å². The predicted octanol–water partition coefficient (Wildman–Crippen LogP) is 1.54. The first-order chi connectivity index (χ1) is 9.83. The molecule has 0 bridgehead atoms. The van der Waals surface area contributed by atoms with Crippen LogP contribution in [0.15, 0.2) is 0 Å². The molecule has 0 aromatic rings. The van der Waals surface area contributed by atoms with Crippen molar-refractivity contribution >= 4 is 5.78 Å². The third-order valence-electron chi connectivity index (χ3n) is 5.25. The van der Waals surface area contributed by atoms with Gasteiger partial charge in [-0.3, -0.25) is 14.6 Å². The van der Waals surface area contributed by atoms with Crippen molar-refractivity contribution in [3.8, 4) is 0 Å². The van der Waals surface area contributed by atoms with Crippen molar-refractivity contribution in [2.24, 2.45) is 5.92 Å². The number of carbonyl (C=O) groups excluding carboxylic acids is 1. The highest BCUT2D eigenvalue weighted by Crippen LogP contribution is 2.25. The Bertz CT molecular complexity index is 322. The van der Waals surface area contributed by atoms with Crippen molar-refractivity contribution in [2.45, 2.75) is 44.6 Å². The molecule has 1 atom stereocenters. The van der Waals surface area contributed by atoms with E-state index in [4.69, 9.17) is 4.74 Å². The van der Waals surface area contributed by atoms with Crippen LogP contribution in [0.3, 0.4) is 0 Å². The van der Waals surface area contributed by atoms with Gasteiger partial charge < -0.3 is 4.74 Å². The molecule has 0 N–H and O–H groups in total. The van der Waals surface area contributed by atoms with E-state index in [0.717, 1.165) is 52.2 Å². The van der Waals surface area contributed by atoms with E-state index in [0.29, 0.717) is 24.3 Å². The summed E-state index contributed by atoms with van der Waals surface area (Å²) >= 11 is 0. The Hall–Kier alpha value is -0.450. The molecule has 0 aromatic heterocycles. The first kappa shape index (κ1) is 14.5. The molecule has 1 saturated carbocycles. The van der Waals surface area contributed by atoms with Crippen LogP contribution in [0.1, 0.15) is 38.5 Å². The maximum absolute atomic E-state index is 12.4. The molecule has 114 valence electrons. The Labute approximate surface area is 122 Å². The summed E-state index contributed by atoms with van der Waals surface area (Å²) in [5, 5.41) is 0. The molecule has 0 spiro atoms. The van der Waals surface area contributed by atoms with Gasteiger partial charge in [-0.1, -0.05) is 19.3 Å². The van der Waals surface area contributed by atoms with Crippen LogP contribution < -0.4 is 0 Å². The number of carbonyl (C=O) groups is 1. The summed E-state index contributed by atoms with van der Waals surface area (Å²) in [4.78, 5) is 17.3. The predicted molar refractivity (Wildman–Crippen MR) is 78.8 cm³/mol. The number of likely N-dealkylation sites (tertiary alicyclic amines) is 1. The number of ether oxygens (including phenoxy) is 1. The highest BCUT2D eigenvalue weighted by molar-refractivity contribution is 5.83. The van der Waals surface area contributed by atoms with E-state index in [1.165, 1.54) is 25.7 Å². The van der Waals surface area contributed by atoms with E-state index >= 15 is 0 Å². The van der Waals surface area contributed by atoms with Gasteiger partial charge in [-0.15, -0.1) is 0 Å². The molecule has 4 nitrogen and oxygen atoms in total. The van der Waals surface area contributed by atoms with E-state index in [2.05, 4.69) is 9.80 Å². The second-order valence-corrected chi connectivity index (χ2v) is 6.63. The second kappa shape index (κ2) is 7.01. The minimum Gasteiger partial charge on any atom is -0.379 e. The number of Topliss-reactive ketones (excluding diaryl/α,β-unsaturated/α-hetero) is 1. The molecule has 4 heteroatoms. The molecule has 1 unspecified atom stereocenters. The van der Waals surface area contributed by atoms with Gasteiger partial charge in [0.25, 0.3) is 0 Å². The van der Waals surface area contributed by atoms with E-state index in [9.17, 15) is 4.79 Å². The van der Waals surface area contributed by atoms with E-state index in [-0.39, 0.29) is 0 Å². The number of hydrogen-bond acceptors (Lipinski definition) is 4. The van der Waals surface area contributed by atoms with Gasteiger partial charge in [-0.2, -0.15) is 0 Å². The SMILES string of the molecule is O=C(CN1CCC(N2CCOCC2)C1)C1CCCCC1. The summed E-state index contributed by atoms with van der Waals surface area (Å²) in [7, 11) is 0. The first-order valence-corrected chi connectivity index (χ1v) is 8.40. The summed E-state index contributed by atoms with van der Waals surface area (Å²) in [5.74, 6) is 0.874. The zero-order valence-electron chi connectivity index (χ0n) is 12.6. The molecule has 3 aliphatic rings. The Morgan fingerprint density at radius 3 is 2.50 bits per heavy atom. The van der Waals surface area contributed by atoms with Crippen molar-refractivity contribution in [1.29, 1.82) is 0 Å². The minimum atomic E-state index is 0.367. The molecule has 1 aliphatic carbocycles. The normalized spacial score (nSPS) is 30.7. The van der Waals surface area contributed by atoms with Gasteiger partial charge in [0.15, 0.2) is 0 Å². The maximum Gasteiger partial charge on any atom is 0.149 e. The summed E-state index contributed by atoms with van der Waals surface area (Å²) < 4.78 is 5.42. The topological polar surface area (TPSA) is 32.8 Å². The van der Waals surface area contributed by atoms with Crippen molar-refractivity contribution in [3.05, 3.63) is 0 Å². The largest absolute Gasteiger partial charge is 0.379 e. The lowest BCUT2D eigenvalue weighted by Gasteiger charge is -2.32. The van der Waals surface area contributed by atoms with Crippen molar-refractivity contribution in [1.82, 2.24) is 9.80 Å². The second-order valence-electron chi connectivity index (χ2n) is 6.63. The summed E-state index contributed by atoms with van der Waals surface area (Å²) in [6.07, 6.45) is 7.34. The monoisotopic (exact) mass is 280 g/mol. The van der Waals surface area contributed by atoms with Gasteiger partial charge in [-0.25, -0.2) is 0 Å². The van der Waals surface area contributed by atoms with Crippen LogP contribution in [0, 0.1) is 5.92 Å². The van der Waals surface area contributed by atoms with Crippen LogP contribution in [0.25, 0.3) is 0 Å². The standard InChI is InChI=1S/C16H28N2O2/c19-16(14-4-2-1-3-5-14)13-17-7-6-15(12-17)18-8-10-20-11-9-18/h14-15H,1-13H2. The smallest absolute Gasteiger partial charge is 0.149 e. The molecule has 2 aliphatic heterocycles. The molecule has 3 fully saturated rings. The molecule has 3 rings (SSSR count). The lowest BCUT2D eigenvalue weighted by molar-refractivity contribution is -0.124. The number of ketones is 1. The van der Waals surface area contributed by atoms with Gasteiger partial charge in [-0.05, 0) is 19.3 Å². The van der Waals surface area contributed by atoms with Crippen LogP contribution in [0.2, 0.25) is 0 Å². The molecule has 0 aromatic carbocycles. The molecule has 0 amide bonds. The highest BCUT2D eigenvalue weighted by Gasteiger charge is 2.31. The number of morpholine rings is 1. The van der Waals surface area contributed by atoms with Gasteiger partial charge in [0, 0.05) is 38.1 Å². The van der Waals surface area contributed by atoms with E-state index in [1.807, 2.05) is 0 Å². The molecule has 2 saturated heterocycles. The quantitative estimate of drug-likeness (QED) is 0.782. The van der Waals surface area contributed by atoms with Gasteiger partial charge in [0.05, 0.1) is 19.8 Å². The fraction of sp³-hybridized carbons (Fsp3) is 0.938. The molecular formula is C16H28N2O2. The van der Waals surface area contributed by atoms with Crippen molar-refractivity contribution < 1.29 is 9.53 Å². The van der Waals surface area contributed by atoms with Crippen LogP contribution in [-0.2, 0) is 9.53 Å². The Kier molecular flexibility index (Phi) is 5.08. The average molecular weight is 280 g/mol. The summed E-state index contributed by atoms with van der Waals surface area (Å²) in [5.41, 5.74) is 0. The summed E-state index contributed by atoms with van der Waals surface area (Å²) in [6.45, 7) is 6.75. The molecule has 2 heterocycles. The minimum absolute atomic E-state index is 0.367. The first-order valence-electron chi connectivity index (χ1n) is 8.40. The van der Waals surface area contributed by atoms with Crippen LogP contribution >= 0.6 is 0 Å². The number of rotatable bonds is 4. The third-order valence-corrected chi connectivity index (χ3v) is 5.25. The number of nitrogens with zero attached hydrogens (tertiary/aromatic N) is 2.